The summed E-state index contributed by atoms with van der Waals surface area (Å²) in [6, 6.07) is 4.25. The molecule has 0 aliphatic rings. The van der Waals surface area contributed by atoms with Crippen molar-refractivity contribution in [3.63, 3.8) is 0 Å². The summed E-state index contributed by atoms with van der Waals surface area (Å²) in [4.78, 5) is 11.7. The van der Waals surface area contributed by atoms with Crippen LogP contribution in [0.4, 0.5) is 14.7 Å². The Hall–Kier alpha value is -1.73. The first-order valence-electron chi connectivity index (χ1n) is 4.88. The Bertz CT molecular complexity index is 569. The molecule has 0 radical (unpaired) electrons. The molecule has 2 aromatic rings. The fraction of sp³-hybridized carbons (Fsp3) is 0.100. The van der Waals surface area contributed by atoms with E-state index in [0.29, 0.717) is 0 Å². The first-order valence-corrected chi connectivity index (χ1v) is 6.07. The van der Waals surface area contributed by atoms with E-state index in [9.17, 15) is 9.18 Å². The van der Waals surface area contributed by atoms with Crippen molar-refractivity contribution in [3.05, 3.63) is 34.6 Å². The van der Waals surface area contributed by atoms with E-state index in [4.69, 9.17) is 17.3 Å². The summed E-state index contributed by atoms with van der Waals surface area (Å²) in [7, 11) is 0. The molecule has 0 aliphatic carbocycles. The van der Waals surface area contributed by atoms with Crippen LogP contribution in [-0.4, -0.2) is 16.1 Å². The Labute approximate surface area is 111 Å². The van der Waals surface area contributed by atoms with Crippen LogP contribution in [0.2, 0.25) is 5.02 Å². The highest BCUT2D eigenvalue weighted by atomic mass is 35.5. The predicted molar refractivity (Wildman–Crippen MR) is 68.1 cm³/mol. The number of carbonyl (C=O) groups excluding carboxylic acids is 1. The third-order valence-corrected chi connectivity index (χ3v) is 3.11. The fourth-order valence-electron chi connectivity index (χ4n) is 1.31. The van der Waals surface area contributed by atoms with Gasteiger partial charge >= 0.3 is 0 Å². The molecule has 5 nitrogen and oxygen atoms in total. The van der Waals surface area contributed by atoms with Gasteiger partial charge < -0.3 is 11.1 Å². The Balaban J connectivity index is 2.08. The lowest BCUT2D eigenvalue weighted by atomic mass is 10.1. The molecule has 1 amide bonds. The van der Waals surface area contributed by atoms with Crippen molar-refractivity contribution in [1.29, 1.82) is 0 Å². The highest BCUT2D eigenvalue weighted by Gasteiger charge is 2.13. The molecule has 0 atom stereocenters. The summed E-state index contributed by atoms with van der Waals surface area (Å²) in [6.07, 6.45) is -0.176. The fourth-order valence-corrected chi connectivity index (χ4v) is 2.07. The van der Waals surface area contributed by atoms with E-state index in [1.807, 2.05) is 0 Å². The average Bonchev–Trinajstić information content (AvgIpc) is 2.69. The zero-order chi connectivity index (χ0) is 13.1. The Morgan fingerprint density at radius 3 is 2.89 bits per heavy atom. The van der Waals surface area contributed by atoms with Crippen molar-refractivity contribution in [2.24, 2.45) is 0 Å². The molecule has 0 bridgehead atoms. The zero-order valence-electron chi connectivity index (χ0n) is 8.98. The molecule has 1 aromatic heterocycles. The molecular weight excluding hydrogens is 279 g/mol. The Morgan fingerprint density at radius 2 is 2.28 bits per heavy atom. The van der Waals surface area contributed by atoms with Gasteiger partial charge in [0.25, 0.3) is 0 Å². The number of aromatic nitrogens is 2. The molecule has 8 heteroatoms. The van der Waals surface area contributed by atoms with Crippen LogP contribution in [0.5, 0.6) is 0 Å². The molecule has 0 saturated carbocycles. The zero-order valence-corrected chi connectivity index (χ0v) is 10.6. The number of nitrogens with two attached hydrogens (primary N) is 1. The highest BCUT2D eigenvalue weighted by Crippen LogP contribution is 2.21. The molecule has 18 heavy (non-hydrogen) atoms. The number of nitrogen functional groups attached to an aromatic ring is 1. The second kappa shape index (κ2) is 5.28. The predicted octanol–water partition coefficient (Wildman–Crippen LogP) is 2.09. The van der Waals surface area contributed by atoms with Gasteiger partial charge in [0.15, 0.2) is 0 Å². The number of hydrogen-bond donors (Lipinski definition) is 2. The van der Waals surface area contributed by atoms with Gasteiger partial charge in [0.1, 0.15) is 5.82 Å². The number of hydrogen-bond acceptors (Lipinski definition) is 5. The molecular formula is C10H8ClFN4OS. The van der Waals surface area contributed by atoms with Crippen LogP contribution < -0.4 is 11.1 Å². The monoisotopic (exact) mass is 286 g/mol. The number of nitrogens with one attached hydrogen (secondary N) is 1. The number of nitrogens with zero attached hydrogens (tertiary/aromatic N) is 2. The van der Waals surface area contributed by atoms with E-state index in [1.165, 1.54) is 18.2 Å². The highest BCUT2D eigenvalue weighted by molar-refractivity contribution is 7.18. The summed E-state index contributed by atoms with van der Waals surface area (Å²) in [5.41, 5.74) is 5.51. The van der Waals surface area contributed by atoms with E-state index < -0.39 is 11.7 Å². The molecule has 0 saturated heterocycles. The SMILES string of the molecule is Nc1nnc(NC(=O)Cc2c(F)cccc2Cl)s1. The largest absolute Gasteiger partial charge is 0.374 e. The standard InChI is InChI=1S/C10H8ClFN4OS/c11-6-2-1-3-7(12)5(6)4-8(17)14-10-16-15-9(13)18-10/h1-3H,4H2,(H2,13,15)(H,14,16,17). The maximum absolute atomic E-state index is 13.4. The Kier molecular flexibility index (Phi) is 3.73. The van der Waals surface area contributed by atoms with Crippen LogP contribution in [0.25, 0.3) is 0 Å². The summed E-state index contributed by atoms with van der Waals surface area (Å²) in [5, 5.41) is 10.4. The van der Waals surface area contributed by atoms with Crippen LogP contribution >= 0.6 is 22.9 Å². The second-order valence-corrected chi connectivity index (χ2v) is 4.79. The number of anilines is 2. The lowest BCUT2D eigenvalue weighted by Crippen LogP contribution is -2.15. The normalized spacial score (nSPS) is 10.3. The smallest absolute Gasteiger partial charge is 0.230 e. The maximum Gasteiger partial charge on any atom is 0.230 e. The second-order valence-electron chi connectivity index (χ2n) is 3.37. The van der Waals surface area contributed by atoms with Crippen LogP contribution in [-0.2, 0) is 11.2 Å². The molecule has 3 N–H and O–H groups in total. The van der Waals surface area contributed by atoms with E-state index in [0.717, 1.165) is 11.3 Å². The lowest BCUT2D eigenvalue weighted by Gasteiger charge is -2.05. The molecule has 1 heterocycles. The van der Waals surface area contributed by atoms with Gasteiger partial charge in [-0.05, 0) is 12.1 Å². The average molecular weight is 287 g/mol. The van der Waals surface area contributed by atoms with Gasteiger partial charge in [0.2, 0.25) is 16.2 Å². The summed E-state index contributed by atoms with van der Waals surface area (Å²) >= 11 is 6.85. The minimum Gasteiger partial charge on any atom is -0.374 e. The third-order valence-electron chi connectivity index (χ3n) is 2.09. The first kappa shape index (κ1) is 12.7. The van der Waals surface area contributed by atoms with Crippen molar-refractivity contribution in [1.82, 2.24) is 10.2 Å². The quantitative estimate of drug-likeness (QED) is 0.905. The van der Waals surface area contributed by atoms with Crippen LogP contribution in [0.15, 0.2) is 18.2 Å². The summed E-state index contributed by atoms with van der Waals surface area (Å²) in [5.74, 6) is -0.951. The van der Waals surface area contributed by atoms with E-state index >= 15 is 0 Å². The third kappa shape index (κ3) is 2.93. The Morgan fingerprint density at radius 1 is 1.50 bits per heavy atom. The van der Waals surface area contributed by atoms with Crippen LogP contribution in [0.1, 0.15) is 5.56 Å². The van der Waals surface area contributed by atoms with Gasteiger partial charge in [-0.1, -0.05) is 29.0 Å². The van der Waals surface area contributed by atoms with Crippen molar-refractivity contribution in [3.8, 4) is 0 Å². The van der Waals surface area contributed by atoms with Gasteiger partial charge in [-0.3, -0.25) is 4.79 Å². The number of amides is 1. The van der Waals surface area contributed by atoms with E-state index in [1.54, 1.807) is 0 Å². The molecule has 94 valence electrons. The number of benzene rings is 1. The molecule has 2 rings (SSSR count). The summed E-state index contributed by atoms with van der Waals surface area (Å²) in [6.45, 7) is 0. The molecule has 0 unspecified atom stereocenters. The minimum absolute atomic E-state index is 0.147. The number of halogens is 2. The van der Waals surface area contributed by atoms with Crippen molar-refractivity contribution >= 4 is 39.1 Å². The van der Waals surface area contributed by atoms with Gasteiger partial charge in [-0.25, -0.2) is 4.39 Å². The van der Waals surface area contributed by atoms with Crippen molar-refractivity contribution < 1.29 is 9.18 Å². The molecule has 0 fully saturated rings. The number of rotatable bonds is 3. The topological polar surface area (TPSA) is 80.9 Å². The van der Waals surface area contributed by atoms with E-state index in [2.05, 4.69) is 15.5 Å². The summed E-state index contributed by atoms with van der Waals surface area (Å²) < 4.78 is 13.4. The van der Waals surface area contributed by atoms with Gasteiger partial charge in [-0.2, -0.15) is 0 Å². The minimum atomic E-state index is -0.519. The van der Waals surface area contributed by atoms with Crippen LogP contribution in [0, 0.1) is 5.82 Å². The maximum atomic E-state index is 13.4. The molecule has 0 aliphatic heterocycles. The molecule has 1 aromatic carbocycles. The van der Waals surface area contributed by atoms with Gasteiger partial charge in [0, 0.05) is 10.6 Å². The lowest BCUT2D eigenvalue weighted by molar-refractivity contribution is -0.115. The first-order chi connectivity index (χ1) is 8.56. The van der Waals surface area contributed by atoms with Crippen LogP contribution in [0.3, 0.4) is 0 Å². The van der Waals surface area contributed by atoms with Gasteiger partial charge in [0.05, 0.1) is 6.42 Å². The van der Waals surface area contributed by atoms with Crippen molar-refractivity contribution in [2.45, 2.75) is 6.42 Å². The van der Waals surface area contributed by atoms with E-state index in [-0.39, 0.29) is 27.3 Å². The van der Waals surface area contributed by atoms with Gasteiger partial charge in [-0.15, -0.1) is 10.2 Å². The van der Waals surface area contributed by atoms with Crippen molar-refractivity contribution in [2.75, 3.05) is 11.1 Å². The number of carbonyl (C=O) groups is 1. The molecule has 0 spiro atoms.